The molecule has 0 amide bonds. The van der Waals surface area contributed by atoms with Crippen molar-refractivity contribution in [3.8, 4) is 0 Å². The lowest BCUT2D eigenvalue weighted by Gasteiger charge is -2.60. The van der Waals surface area contributed by atoms with Gasteiger partial charge >= 0.3 is 0 Å². The Morgan fingerprint density at radius 2 is 1.79 bits per heavy atom. The van der Waals surface area contributed by atoms with Crippen LogP contribution in [0.15, 0.2) is 11.6 Å². The molecule has 1 nitrogen and oxygen atoms in total. The lowest BCUT2D eigenvalue weighted by molar-refractivity contribution is -0.0561. The zero-order valence-electron chi connectivity index (χ0n) is 19.7. The second-order valence-electron chi connectivity index (χ2n) is 12.3. The van der Waals surface area contributed by atoms with Crippen LogP contribution in [0.25, 0.3) is 0 Å². The highest BCUT2D eigenvalue weighted by atomic mass is 35.5. The van der Waals surface area contributed by atoms with Crippen LogP contribution in [0.5, 0.6) is 0 Å². The highest BCUT2D eigenvalue weighted by Crippen LogP contribution is 2.67. The summed E-state index contributed by atoms with van der Waals surface area (Å²) in [7, 11) is 0. The summed E-state index contributed by atoms with van der Waals surface area (Å²) >= 11 is 6.57. The Hall–Kier alpha value is -0.0100. The van der Waals surface area contributed by atoms with Crippen molar-refractivity contribution in [2.45, 2.75) is 110 Å². The Bertz CT molecular complexity index is 626. The zero-order valence-corrected chi connectivity index (χ0v) is 20.5. The van der Waals surface area contributed by atoms with E-state index in [1.54, 1.807) is 5.57 Å². The Balaban J connectivity index is 1.54. The van der Waals surface area contributed by atoms with Crippen LogP contribution in [0, 0.1) is 46.3 Å². The first-order valence-corrected chi connectivity index (χ1v) is 13.2. The van der Waals surface area contributed by atoms with Crippen LogP contribution in [0.1, 0.15) is 98.8 Å². The average molecular weight is 420 g/mol. The predicted octanol–water partition coefficient (Wildman–Crippen LogP) is 7.57. The molecule has 0 aromatic heterocycles. The molecule has 3 fully saturated rings. The fraction of sp³-hybridized carbons (Fsp3) is 0.926. The molecule has 4 aliphatic carbocycles. The summed E-state index contributed by atoms with van der Waals surface area (Å²) in [5.41, 5.74) is 9.42. The fourth-order valence-corrected chi connectivity index (χ4v) is 8.99. The maximum atomic E-state index is 6.93. The molecule has 166 valence electrons. The minimum absolute atomic E-state index is 0.254. The van der Waals surface area contributed by atoms with E-state index in [9.17, 15) is 0 Å². The minimum atomic E-state index is 0.254. The van der Waals surface area contributed by atoms with Crippen LogP contribution in [0.2, 0.25) is 0 Å². The molecule has 0 unspecified atom stereocenters. The van der Waals surface area contributed by atoms with Gasteiger partial charge in [-0.25, -0.2) is 0 Å². The Morgan fingerprint density at radius 3 is 2.52 bits per heavy atom. The van der Waals surface area contributed by atoms with Crippen molar-refractivity contribution >= 4 is 11.6 Å². The smallest absolute Gasteiger partial charge is 0.0373 e. The lowest BCUT2D eigenvalue weighted by Crippen LogP contribution is -2.56. The van der Waals surface area contributed by atoms with E-state index in [-0.39, 0.29) is 6.04 Å². The van der Waals surface area contributed by atoms with E-state index in [4.69, 9.17) is 17.3 Å². The normalized spacial score (nSPS) is 47.9. The van der Waals surface area contributed by atoms with Crippen LogP contribution in [-0.4, -0.2) is 11.4 Å². The SMILES string of the molecule is CC(C)CCC[C@@H](C)[C@@H]1CC[C@@H]2[C@H]3[C@H](N)C=C4C[C@@H](Cl)CC[C@]4(C)[C@@H]3CC[C@@]21C. The van der Waals surface area contributed by atoms with E-state index in [0.717, 1.165) is 36.0 Å². The number of nitrogens with two attached hydrogens (primary N) is 1. The lowest BCUT2D eigenvalue weighted by atomic mass is 9.46. The summed E-state index contributed by atoms with van der Waals surface area (Å²) in [4.78, 5) is 0. The monoisotopic (exact) mass is 419 g/mol. The molecular weight excluding hydrogens is 374 g/mol. The summed E-state index contributed by atoms with van der Waals surface area (Å²) in [5, 5.41) is 0.328. The van der Waals surface area contributed by atoms with Gasteiger partial charge in [-0.1, -0.05) is 65.5 Å². The average Bonchev–Trinajstić information content (AvgIpc) is 3.00. The molecule has 2 N–H and O–H groups in total. The van der Waals surface area contributed by atoms with Gasteiger partial charge in [-0.15, -0.1) is 11.6 Å². The Morgan fingerprint density at radius 1 is 1.03 bits per heavy atom. The third-order valence-electron chi connectivity index (χ3n) is 10.3. The van der Waals surface area contributed by atoms with E-state index < -0.39 is 0 Å². The molecule has 0 aromatic carbocycles. The number of allylic oxidation sites excluding steroid dienone is 1. The second-order valence-corrected chi connectivity index (χ2v) is 13.0. The maximum Gasteiger partial charge on any atom is 0.0373 e. The molecular formula is C27H46ClN. The predicted molar refractivity (Wildman–Crippen MR) is 126 cm³/mol. The van der Waals surface area contributed by atoms with Crippen LogP contribution in [0.4, 0.5) is 0 Å². The van der Waals surface area contributed by atoms with E-state index >= 15 is 0 Å². The van der Waals surface area contributed by atoms with Gasteiger partial charge in [-0.2, -0.15) is 0 Å². The van der Waals surface area contributed by atoms with Crippen LogP contribution in [-0.2, 0) is 0 Å². The first-order chi connectivity index (χ1) is 13.7. The summed E-state index contributed by atoms with van der Waals surface area (Å²) in [5.74, 6) is 4.93. The summed E-state index contributed by atoms with van der Waals surface area (Å²) in [6, 6.07) is 0.254. The number of halogens is 1. The van der Waals surface area contributed by atoms with Gasteiger partial charge in [0.2, 0.25) is 0 Å². The molecule has 0 heterocycles. The van der Waals surface area contributed by atoms with Gasteiger partial charge < -0.3 is 5.73 Å². The Kier molecular flexibility index (Phi) is 6.24. The van der Waals surface area contributed by atoms with E-state index in [2.05, 4.69) is 40.7 Å². The largest absolute Gasteiger partial charge is 0.324 e. The number of hydrogen-bond acceptors (Lipinski definition) is 1. The Labute approximate surface area is 185 Å². The molecule has 2 heteroatoms. The topological polar surface area (TPSA) is 26.0 Å². The van der Waals surface area contributed by atoms with Crippen molar-refractivity contribution in [1.29, 1.82) is 0 Å². The maximum absolute atomic E-state index is 6.93. The molecule has 0 radical (unpaired) electrons. The van der Waals surface area contributed by atoms with Gasteiger partial charge in [0.05, 0.1) is 0 Å². The van der Waals surface area contributed by atoms with E-state index in [1.165, 1.54) is 57.8 Å². The third-order valence-corrected chi connectivity index (χ3v) is 10.7. The van der Waals surface area contributed by atoms with Gasteiger partial charge in [0.25, 0.3) is 0 Å². The van der Waals surface area contributed by atoms with E-state index in [0.29, 0.717) is 22.1 Å². The molecule has 9 atom stereocenters. The van der Waals surface area contributed by atoms with Crippen molar-refractivity contribution in [1.82, 2.24) is 0 Å². The van der Waals surface area contributed by atoms with Gasteiger partial charge in [0, 0.05) is 11.4 Å². The molecule has 0 bridgehead atoms. The molecule has 0 saturated heterocycles. The highest BCUT2D eigenvalue weighted by Gasteiger charge is 2.60. The van der Waals surface area contributed by atoms with Crippen molar-refractivity contribution in [3.63, 3.8) is 0 Å². The molecule has 0 aliphatic heterocycles. The van der Waals surface area contributed by atoms with Crippen LogP contribution >= 0.6 is 11.6 Å². The first kappa shape index (κ1) is 22.2. The zero-order chi connectivity index (χ0) is 21.0. The fourth-order valence-electron chi connectivity index (χ4n) is 8.72. The number of hydrogen-bond donors (Lipinski definition) is 1. The third kappa shape index (κ3) is 3.75. The molecule has 3 saturated carbocycles. The van der Waals surface area contributed by atoms with Crippen LogP contribution < -0.4 is 5.73 Å². The summed E-state index contributed by atoms with van der Waals surface area (Å²) in [6.45, 7) is 12.5. The summed E-state index contributed by atoms with van der Waals surface area (Å²) < 4.78 is 0. The molecule has 29 heavy (non-hydrogen) atoms. The number of alkyl halides is 1. The van der Waals surface area contributed by atoms with Gasteiger partial charge in [-0.05, 0) is 91.3 Å². The summed E-state index contributed by atoms with van der Waals surface area (Å²) in [6.07, 6.45) is 15.9. The standard InChI is InChI=1S/C27H46ClN/c1-17(2)7-6-8-18(3)21-9-10-22-25-23(12-14-27(21,22)5)26(4)13-11-20(28)15-19(26)16-24(25)29/h16-18,20-25H,6-15,29H2,1-5H3/t18-,20+,21+,22-,23-,24-,25-,26+,27-/m1/s1. The van der Waals surface area contributed by atoms with E-state index in [1.807, 2.05) is 0 Å². The van der Waals surface area contributed by atoms with Crippen molar-refractivity contribution in [3.05, 3.63) is 11.6 Å². The molecule has 4 rings (SSSR count). The molecule has 0 spiro atoms. The number of rotatable bonds is 5. The molecule has 0 aromatic rings. The van der Waals surface area contributed by atoms with Gasteiger partial charge in [-0.3, -0.25) is 0 Å². The van der Waals surface area contributed by atoms with Gasteiger partial charge in [0.15, 0.2) is 0 Å². The second kappa shape index (κ2) is 8.16. The van der Waals surface area contributed by atoms with Crippen molar-refractivity contribution < 1.29 is 0 Å². The van der Waals surface area contributed by atoms with Crippen molar-refractivity contribution in [2.24, 2.45) is 52.1 Å². The number of fused-ring (bicyclic) bond motifs is 5. The minimum Gasteiger partial charge on any atom is -0.324 e. The quantitative estimate of drug-likeness (QED) is 0.360. The highest BCUT2D eigenvalue weighted by molar-refractivity contribution is 6.20. The van der Waals surface area contributed by atoms with Crippen LogP contribution in [0.3, 0.4) is 0 Å². The molecule has 4 aliphatic rings. The first-order valence-electron chi connectivity index (χ1n) is 12.8. The van der Waals surface area contributed by atoms with Crippen molar-refractivity contribution in [2.75, 3.05) is 0 Å². The van der Waals surface area contributed by atoms with Gasteiger partial charge in [0.1, 0.15) is 0 Å².